The molecule has 0 saturated carbocycles. The maximum atomic E-state index is 12.6. The van der Waals surface area contributed by atoms with Crippen LogP contribution in [0.1, 0.15) is 33.6 Å². The number of unbranched alkanes of at least 4 members (excludes halogenated alkanes) is 1. The molecule has 2 atom stereocenters. The van der Waals surface area contributed by atoms with E-state index in [1.807, 2.05) is 20.8 Å². The molecule has 0 bridgehead atoms. The van der Waals surface area contributed by atoms with Crippen molar-refractivity contribution in [1.82, 2.24) is 8.61 Å². The zero-order chi connectivity index (χ0) is 15.3. The Balaban J connectivity index is 2.87. The van der Waals surface area contributed by atoms with E-state index in [-0.39, 0.29) is 18.8 Å². The van der Waals surface area contributed by atoms with Crippen molar-refractivity contribution in [2.75, 3.05) is 26.2 Å². The second kappa shape index (κ2) is 7.35. The fourth-order valence-electron chi connectivity index (χ4n) is 2.27. The lowest BCUT2D eigenvalue weighted by Crippen LogP contribution is -2.54. The quantitative estimate of drug-likeness (QED) is 0.712. The molecule has 1 amide bonds. The average Bonchev–Trinajstić information content (AvgIpc) is 2.32. The normalized spacial score (nSPS) is 25.0. The number of primary amides is 1. The number of rotatable bonds is 7. The van der Waals surface area contributed by atoms with Crippen molar-refractivity contribution in [3.63, 3.8) is 0 Å². The lowest BCUT2D eigenvalue weighted by molar-refractivity contribution is -0.118. The summed E-state index contributed by atoms with van der Waals surface area (Å²) in [6.45, 7) is 6.27. The summed E-state index contributed by atoms with van der Waals surface area (Å²) in [4.78, 5) is 11.1. The van der Waals surface area contributed by atoms with E-state index in [1.54, 1.807) is 0 Å². The highest BCUT2D eigenvalue weighted by Gasteiger charge is 2.35. The lowest BCUT2D eigenvalue weighted by Gasteiger charge is -2.37. The third kappa shape index (κ3) is 4.69. The molecule has 0 aromatic rings. The summed E-state index contributed by atoms with van der Waals surface area (Å²) >= 11 is 0. The van der Waals surface area contributed by atoms with E-state index < -0.39 is 16.1 Å². The standard InChI is InChI=1S/C12H25N3O4S/c1-4-5-6-14(9-12(13)16)20(17,18)15-7-10(2)19-11(3)8-15/h10-11H,4-9H2,1-3H3,(H2,13,16). The first-order chi connectivity index (χ1) is 9.27. The number of hydrogen-bond donors (Lipinski definition) is 1. The summed E-state index contributed by atoms with van der Waals surface area (Å²) in [5.74, 6) is -0.640. The summed E-state index contributed by atoms with van der Waals surface area (Å²) in [6, 6.07) is 0. The van der Waals surface area contributed by atoms with Gasteiger partial charge in [0, 0.05) is 19.6 Å². The molecule has 1 fully saturated rings. The predicted octanol–water partition coefficient (Wildman–Crippen LogP) is -0.0722. The van der Waals surface area contributed by atoms with Crippen LogP contribution >= 0.6 is 0 Å². The Morgan fingerprint density at radius 1 is 1.35 bits per heavy atom. The molecule has 7 nitrogen and oxygen atoms in total. The highest BCUT2D eigenvalue weighted by atomic mass is 32.2. The van der Waals surface area contributed by atoms with Crippen molar-refractivity contribution in [1.29, 1.82) is 0 Å². The van der Waals surface area contributed by atoms with Gasteiger partial charge in [0.2, 0.25) is 5.91 Å². The van der Waals surface area contributed by atoms with Crippen LogP contribution in [0, 0.1) is 0 Å². The number of ether oxygens (including phenoxy) is 1. The van der Waals surface area contributed by atoms with Crippen LogP contribution in [-0.4, -0.2) is 61.3 Å². The Labute approximate surface area is 121 Å². The van der Waals surface area contributed by atoms with E-state index >= 15 is 0 Å². The fourth-order valence-corrected chi connectivity index (χ4v) is 4.04. The van der Waals surface area contributed by atoms with E-state index in [0.29, 0.717) is 26.1 Å². The topological polar surface area (TPSA) is 92.9 Å². The van der Waals surface area contributed by atoms with Crippen LogP contribution in [0.25, 0.3) is 0 Å². The molecule has 0 aromatic heterocycles. The summed E-state index contributed by atoms with van der Waals surface area (Å²) in [6.07, 6.45) is 1.23. The molecule has 2 N–H and O–H groups in total. The van der Waals surface area contributed by atoms with Gasteiger partial charge in [0.15, 0.2) is 0 Å². The number of amides is 1. The third-order valence-electron chi connectivity index (χ3n) is 3.13. The molecule has 0 spiro atoms. The number of morpholine rings is 1. The van der Waals surface area contributed by atoms with Crippen LogP contribution in [0.2, 0.25) is 0 Å². The SMILES string of the molecule is CCCCN(CC(N)=O)S(=O)(=O)N1CC(C)OC(C)C1. The lowest BCUT2D eigenvalue weighted by atomic mass is 10.3. The van der Waals surface area contributed by atoms with Gasteiger partial charge in [0.1, 0.15) is 0 Å². The van der Waals surface area contributed by atoms with Gasteiger partial charge in [0.05, 0.1) is 18.8 Å². The maximum absolute atomic E-state index is 12.6. The second-order valence-corrected chi connectivity index (χ2v) is 7.16. The first-order valence-electron chi connectivity index (χ1n) is 6.96. The van der Waals surface area contributed by atoms with Gasteiger partial charge in [-0.25, -0.2) is 0 Å². The van der Waals surface area contributed by atoms with Crippen molar-refractivity contribution in [3.8, 4) is 0 Å². The maximum Gasteiger partial charge on any atom is 0.282 e. The Morgan fingerprint density at radius 2 is 1.90 bits per heavy atom. The van der Waals surface area contributed by atoms with Crippen LogP contribution in [0.15, 0.2) is 0 Å². The molecule has 2 unspecified atom stereocenters. The number of hydrogen-bond acceptors (Lipinski definition) is 4. The molecule has 20 heavy (non-hydrogen) atoms. The van der Waals surface area contributed by atoms with Gasteiger partial charge in [-0.3, -0.25) is 4.79 Å². The van der Waals surface area contributed by atoms with Gasteiger partial charge in [0.25, 0.3) is 10.2 Å². The van der Waals surface area contributed by atoms with Gasteiger partial charge in [-0.1, -0.05) is 13.3 Å². The Bertz CT molecular complexity index is 416. The minimum atomic E-state index is -3.67. The van der Waals surface area contributed by atoms with Crippen LogP contribution in [0.4, 0.5) is 0 Å². The van der Waals surface area contributed by atoms with Crippen LogP contribution in [0.5, 0.6) is 0 Å². The number of carbonyl (C=O) groups excluding carboxylic acids is 1. The molecule has 1 aliphatic heterocycles. The molecule has 1 aliphatic rings. The molecule has 1 heterocycles. The highest BCUT2D eigenvalue weighted by molar-refractivity contribution is 7.86. The Morgan fingerprint density at radius 3 is 2.35 bits per heavy atom. The van der Waals surface area contributed by atoms with Crippen LogP contribution < -0.4 is 5.73 Å². The van der Waals surface area contributed by atoms with E-state index in [4.69, 9.17) is 10.5 Å². The van der Waals surface area contributed by atoms with Crippen LogP contribution in [0.3, 0.4) is 0 Å². The van der Waals surface area contributed by atoms with Gasteiger partial charge in [-0.2, -0.15) is 17.0 Å². The summed E-state index contributed by atoms with van der Waals surface area (Å²) < 4.78 is 33.3. The van der Waals surface area contributed by atoms with Gasteiger partial charge in [-0.05, 0) is 20.3 Å². The van der Waals surface area contributed by atoms with E-state index in [9.17, 15) is 13.2 Å². The van der Waals surface area contributed by atoms with Crippen molar-refractivity contribution < 1.29 is 17.9 Å². The first kappa shape index (κ1) is 17.4. The fraction of sp³-hybridized carbons (Fsp3) is 0.917. The Kier molecular flexibility index (Phi) is 6.38. The smallest absolute Gasteiger partial charge is 0.282 e. The van der Waals surface area contributed by atoms with Gasteiger partial charge in [-0.15, -0.1) is 0 Å². The largest absolute Gasteiger partial charge is 0.373 e. The molecule has 1 saturated heterocycles. The van der Waals surface area contributed by atoms with E-state index in [1.165, 1.54) is 8.61 Å². The van der Waals surface area contributed by atoms with Crippen molar-refractivity contribution in [2.24, 2.45) is 5.73 Å². The molecular formula is C12H25N3O4S. The molecule has 8 heteroatoms. The molecule has 118 valence electrons. The monoisotopic (exact) mass is 307 g/mol. The summed E-state index contributed by atoms with van der Waals surface area (Å²) in [5, 5.41) is 0. The van der Waals surface area contributed by atoms with Crippen molar-refractivity contribution >= 4 is 16.1 Å². The van der Waals surface area contributed by atoms with Gasteiger partial charge < -0.3 is 10.5 Å². The number of nitrogens with two attached hydrogens (primary N) is 1. The van der Waals surface area contributed by atoms with Crippen molar-refractivity contribution in [3.05, 3.63) is 0 Å². The molecular weight excluding hydrogens is 282 g/mol. The summed E-state index contributed by atoms with van der Waals surface area (Å²) in [5.41, 5.74) is 5.16. The highest BCUT2D eigenvalue weighted by Crippen LogP contribution is 2.17. The van der Waals surface area contributed by atoms with E-state index in [0.717, 1.165) is 6.42 Å². The number of nitrogens with zero attached hydrogens (tertiary/aromatic N) is 2. The average molecular weight is 307 g/mol. The zero-order valence-electron chi connectivity index (χ0n) is 12.4. The number of carbonyl (C=O) groups is 1. The molecule has 1 rings (SSSR count). The molecule has 0 radical (unpaired) electrons. The Hall–Kier alpha value is -0.700. The molecule has 0 aliphatic carbocycles. The zero-order valence-corrected chi connectivity index (χ0v) is 13.2. The third-order valence-corrected chi connectivity index (χ3v) is 5.05. The molecule has 0 aromatic carbocycles. The first-order valence-corrected chi connectivity index (χ1v) is 8.36. The predicted molar refractivity (Wildman–Crippen MR) is 76.2 cm³/mol. The summed E-state index contributed by atoms with van der Waals surface area (Å²) in [7, 11) is -3.67. The van der Waals surface area contributed by atoms with E-state index in [2.05, 4.69) is 0 Å². The minimum absolute atomic E-state index is 0.157. The van der Waals surface area contributed by atoms with Crippen LogP contribution in [-0.2, 0) is 19.7 Å². The second-order valence-electron chi connectivity index (χ2n) is 5.24. The van der Waals surface area contributed by atoms with Gasteiger partial charge >= 0.3 is 0 Å². The van der Waals surface area contributed by atoms with Crippen molar-refractivity contribution in [2.45, 2.75) is 45.8 Å². The minimum Gasteiger partial charge on any atom is -0.373 e.